The van der Waals surface area contributed by atoms with Crippen LogP contribution in [0.15, 0.2) is 52.8 Å². The average molecular weight is 332 g/mol. The van der Waals surface area contributed by atoms with Crippen LogP contribution in [0.4, 0.5) is 0 Å². The van der Waals surface area contributed by atoms with Gasteiger partial charge in [0, 0.05) is 36.0 Å². The second-order valence-electron chi connectivity index (χ2n) is 4.03. The topological polar surface area (TPSA) is 38.7 Å². The van der Waals surface area contributed by atoms with Crippen molar-refractivity contribution in [3.8, 4) is 11.3 Å². The van der Waals surface area contributed by atoms with Crippen molar-refractivity contribution < 1.29 is 0 Å². The highest BCUT2D eigenvalue weighted by Crippen LogP contribution is 2.22. The minimum Gasteiger partial charge on any atom is -0.264 e. The van der Waals surface area contributed by atoms with Crippen molar-refractivity contribution in [1.29, 1.82) is 0 Å². The van der Waals surface area contributed by atoms with Gasteiger partial charge in [-0.15, -0.1) is 11.3 Å². The molecule has 0 aliphatic carbocycles. The zero-order valence-corrected chi connectivity index (χ0v) is 12.4. The highest BCUT2D eigenvalue weighted by atomic mass is 79.9. The second-order valence-corrected chi connectivity index (χ2v) is 5.79. The van der Waals surface area contributed by atoms with Crippen molar-refractivity contribution in [2.45, 2.75) is 6.42 Å². The Kier molecular flexibility index (Phi) is 3.66. The maximum Gasteiger partial charge on any atom is 0.106 e. The SMILES string of the molecule is Brc1ccc(Cc2nc(-c3cccnc3)cs2)cn1. The maximum absolute atomic E-state index is 4.64. The molecule has 0 atom stereocenters. The number of rotatable bonds is 3. The van der Waals surface area contributed by atoms with Gasteiger partial charge in [0.15, 0.2) is 0 Å². The summed E-state index contributed by atoms with van der Waals surface area (Å²) in [6, 6.07) is 7.95. The van der Waals surface area contributed by atoms with Gasteiger partial charge in [-0.1, -0.05) is 6.07 Å². The summed E-state index contributed by atoms with van der Waals surface area (Å²) in [5, 5.41) is 3.15. The van der Waals surface area contributed by atoms with Gasteiger partial charge in [-0.05, 0) is 39.7 Å². The number of hydrogen-bond acceptors (Lipinski definition) is 4. The molecule has 0 amide bonds. The third-order valence-corrected chi connectivity index (χ3v) is 3.97. The van der Waals surface area contributed by atoms with Gasteiger partial charge in [0.05, 0.1) is 10.7 Å². The first-order chi connectivity index (χ1) is 9.31. The highest BCUT2D eigenvalue weighted by molar-refractivity contribution is 9.10. The fourth-order valence-corrected chi connectivity index (χ4v) is 2.80. The van der Waals surface area contributed by atoms with Gasteiger partial charge in [0.25, 0.3) is 0 Å². The number of thiazole rings is 1. The summed E-state index contributed by atoms with van der Waals surface area (Å²) in [5.74, 6) is 0. The maximum atomic E-state index is 4.64. The van der Waals surface area contributed by atoms with E-state index in [1.807, 2.05) is 30.6 Å². The third-order valence-electron chi connectivity index (χ3n) is 2.65. The van der Waals surface area contributed by atoms with Crippen LogP contribution >= 0.6 is 27.3 Å². The van der Waals surface area contributed by atoms with Crippen LogP contribution in [0.25, 0.3) is 11.3 Å². The van der Waals surface area contributed by atoms with Gasteiger partial charge >= 0.3 is 0 Å². The smallest absolute Gasteiger partial charge is 0.106 e. The van der Waals surface area contributed by atoms with Crippen LogP contribution in [0, 0.1) is 0 Å². The molecule has 0 N–H and O–H groups in total. The molecule has 3 aromatic heterocycles. The van der Waals surface area contributed by atoms with E-state index >= 15 is 0 Å². The van der Waals surface area contributed by atoms with E-state index in [1.54, 1.807) is 17.5 Å². The van der Waals surface area contributed by atoms with Crippen LogP contribution in [-0.2, 0) is 6.42 Å². The first-order valence-electron chi connectivity index (χ1n) is 5.76. The van der Waals surface area contributed by atoms with Gasteiger partial charge in [0.2, 0.25) is 0 Å². The summed E-state index contributed by atoms with van der Waals surface area (Å²) >= 11 is 5.00. The van der Waals surface area contributed by atoms with Gasteiger partial charge in [-0.2, -0.15) is 0 Å². The molecule has 0 fully saturated rings. The average Bonchev–Trinajstić information content (AvgIpc) is 2.91. The molecule has 0 spiro atoms. The predicted molar refractivity (Wildman–Crippen MR) is 80.1 cm³/mol. The lowest BCUT2D eigenvalue weighted by Gasteiger charge is -1.97. The molecule has 0 bridgehead atoms. The van der Waals surface area contributed by atoms with E-state index < -0.39 is 0 Å². The molecule has 3 heterocycles. The van der Waals surface area contributed by atoms with E-state index in [1.165, 1.54) is 0 Å². The van der Waals surface area contributed by atoms with Crippen LogP contribution in [0.5, 0.6) is 0 Å². The van der Waals surface area contributed by atoms with Gasteiger partial charge < -0.3 is 0 Å². The Labute approximate surface area is 123 Å². The van der Waals surface area contributed by atoms with E-state index in [9.17, 15) is 0 Å². The Morgan fingerprint density at radius 3 is 2.84 bits per heavy atom. The van der Waals surface area contributed by atoms with Crippen LogP contribution in [-0.4, -0.2) is 15.0 Å². The molecule has 19 heavy (non-hydrogen) atoms. The Morgan fingerprint density at radius 1 is 1.16 bits per heavy atom. The Morgan fingerprint density at radius 2 is 2.11 bits per heavy atom. The number of hydrogen-bond donors (Lipinski definition) is 0. The normalized spacial score (nSPS) is 10.6. The minimum absolute atomic E-state index is 0.811. The largest absolute Gasteiger partial charge is 0.264 e. The lowest BCUT2D eigenvalue weighted by Crippen LogP contribution is -1.89. The molecule has 0 saturated heterocycles. The quantitative estimate of drug-likeness (QED) is 0.682. The molecule has 5 heteroatoms. The second kappa shape index (κ2) is 5.59. The summed E-state index contributed by atoms with van der Waals surface area (Å²) in [4.78, 5) is 13.0. The Hall–Kier alpha value is -1.59. The molecule has 0 radical (unpaired) electrons. The summed E-state index contributed by atoms with van der Waals surface area (Å²) in [7, 11) is 0. The van der Waals surface area contributed by atoms with E-state index in [0.29, 0.717) is 0 Å². The van der Waals surface area contributed by atoms with Crippen LogP contribution < -0.4 is 0 Å². The Bertz CT molecular complexity index is 665. The zero-order valence-electron chi connectivity index (χ0n) is 9.95. The zero-order chi connectivity index (χ0) is 13.1. The fraction of sp³-hybridized carbons (Fsp3) is 0.0714. The van der Waals surface area contributed by atoms with E-state index in [0.717, 1.165) is 32.9 Å². The molecule has 94 valence electrons. The molecule has 3 aromatic rings. The fourth-order valence-electron chi connectivity index (χ4n) is 1.72. The highest BCUT2D eigenvalue weighted by Gasteiger charge is 2.05. The summed E-state index contributed by atoms with van der Waals surface area (Å²) < 4.78 is 0.853. The van der Waals surface area contributed by atoms with Gasteiger partial charge in [0.1, 0.15) is 4.60 Å². The number of pyridine rings is 2. The predicted octanol–water partition coefficient (Wildman–Crippen LogP) is 3.95. The van der Waals surface area contributed by atoms with Crippen molar-refractivity contribution in [1.82, 2.24) is 15.0 Å². The molecular weight excluding hydrogens is 322 g/mol. The third kappa shape index (κ3) is 3.05. The van der Waals surface area contributed by atoms with Crippen LogP contribution in [0.3, 0.4) is 0 Å². The van der Waals surface area contributed by atoms with Crippen molar-refractivity contribution in [3.63, 3.8) is 0 Å². The molecule has 0 aliphatic rings. The molecule has 3 rings (SSSR count). The standard InChI is InChI=1S/C14H10BrN3S/c15-13-4-3-10(7-17-13)6-14-18-12(9-19-14)11-2-1-5-16-8-11/h1-5,7-9H,6H2. The van der Waals surface area contributed by atoms with Crippen molar-refractivity contribution in [3.05, 3.63) is 63.4 Å². The van der Waals surface area contributed by atoms with Crippen molar-refractivity contribution in [2.75, 3.05) is 0 Å². The summed E-state index contributed by atoms with van der Waals surface area (Å²) in [6.07, 6.45) is 6.28. The number of nitrogens with zero attached hydrogens (tertiary/aromatic N) is 3. The summed E-state index contributed by atoms with van der Waals surface area (Å²) in [5.41, 5.74) is 3.20. The minimum atomic E-state index is 0.811. The summed E-state index contributed by atoms with van der Waals surface area (Å²) in [6.45, 7) is 0. The molecule has 0 aromatic carbocycles. The van der Waals surface area contributed by atoms with E-state index in [2.05, 4.69) is 42.3 Å². The molecule has 0 unspecified atom stereocenters. The van der Waals surface area contributed by atoms with Crippen LogP contribution in [0.1, 0.15) is 10.6 Å². The molecule has 0 saturated carbocycles. The van der Waals surface area contributed by atoms with Crippen LogP contribution in [0.2, 0.25) is 0 Å². The lowest BCUT2D eigenvalue weighted by molar-refractivity contribution is 1.10. The monoisotopic (exact) mass is 331 g/mol. The van der Waals surface area contributed by atoms with Gasteiger partial charge in [-0.3, -0.25) is 4.98 Å². The molecule has 3 nitrogen and oxygen atoms in total. The van der Waals surface area contributed by atoms with Crippen molar-refractivity contribution in [2.24, 2.45) is 0 Å². The molecule has 0 aliphatic heterocycles. The first-order valence-corrected chi connectivity index (χ1v) is 7.44. The van der Waals surface area contributed by atoms with Crippen molar-refractivity contribution >= 4 is 27.3 Å². The first kappa shape index (κ1) is 12.4. The van der Waals surface area contributed by atoms with Gasteiger partial charge in [-0.25, -0.2) is 9.97 Å². The lowest BCUT2D eigenvalue weighted by atomic mass is 10.2. The molecular formula is C14H10BrN3S. The van der Waals surface area contributed by atoms with E-state index in [-0.39, 0.29) is 0 Å². The van der Waals surface area contributed by atoms with E-state index in [4.69, 9.17) is 0 Å². The number of halogens is 1. The number of aromatic nitrogens is 3. The Balaban J connectivity index is 1.80.